The van der Waals surface area contributed by atoms with Crippen LogP contribution in [0.15, 0.2) is 78.0 Å². The van der Waals surface area contributed by atoms with Gasteiger partial charge >= 0.3 is 12.4 Å². The first-order valence-electron chi connectivity index (χ1n) is 15.0. The summed E-state index contributed by atoms with van der Waals surface area (Å²) in [6.07, 6.45) is -2.28. The molecule has 242 valence electrons. The highest BCUT2D eigenvalue weighted by atomic mass is 32.2. The highest BCUT2D eigenvalue weighted by molar-refractivity contribution is 8.14. The number of anilines is 1. The van der Waals surface area contributed by atoms with Crippen LogP contribution in [0.2, 0.25) is 0 Å². The summed E-state index contributed by atoms with van der Waals surface area (Å²) in [4.78, 5) is 24.5. The zero-order chi connectivity index (χ0) is 33.2. The fraction of sp³-hybridized carbons (Fsp3) is 0.353. The van der Waals surface area contributed by atoms with E-state index < -0.39 is 17.9 Å². The maximum atomic E-state index is 13.4. The summed E-state index contributed by atoms with van der Waals surface area (Å²) in [5.41, 5.74) is 4.89. The number of nitrogens with one attached hydrogen (secondary N) is 1. The van der Waals surface area contributed by atoms with Crippen molar-refractivity contribution in [1.29, 1.82) is 0 Å². The number of ether oxygens (including phenoxy) is 1. The molecule has 0 bridgehead atoms. The van der Waals surface area contributed by atoms with Crippen molar-refractivity contribution in [3.8, 4) is 22.8 Å². The Balaban J connectivity index is 1.30. The molecule has 0 aliphatic carbocycles. The number of urea groups is 1. The highest BCUT2D eigenvalue weighted by Gasteiger charge is 2.31. The van der Waals surface area contributed by atoms with Crippen molar-refractivity contribution in [2.45, 2.75) is 71.8 Å². The zero-order valence-electron chi connectivity index (χ0n) is 26.6. The molecule has 3 aromatic carbocycles. The van der Waals surface area contributed by atoms with Crippen molar-refractivity contribution < 1.29 is 22.7 Å². The number of carbonyl (C=O) groups is 1. The number of aromatic nitrogens is 3. The number of hydrogen-bond acceptors (Lipinski definition) is 5. The number of halogens is 3. The van der Waals surface area contributed by atoms with Crippen molar-refractivity contribution in [2.75, 3.05) is 10.7 Å². The molecular formula is C34H37F3N6O2S. The maximum Gasteiger partial charge on any atom is 0.573 e. The number of carbonyl (C=O) groups excluding carboxylic acids is 1. The summed E-state index contributed by atoms with van der Waals surface area (Å²) in [5.74, 6) is 1.34. The normalized spacial score (nSPS) is 16.6. The van der Waals surface area contributed by atoms with Gasteiger partial charge in [-0.15, -0.1) is 18.3 Å². The minimum Gasteiger partial charge on any atom is -0.406 e. The summed E-state index contributed by atoms with van der Waals surface area (Å²) >= 11 is 1.60. The van der Waals surface area contributed by atoms with E-state index in [4.69, 9.17) is 0 Å². The number of aryl methyl sites for hydroxylation is 1. The van der Waals surface area contributed by atoms with Crippen LogP contribution in [0.5, 0.6) is 5.75 Å². The van der Waals surface area contributed by atoms with Crippen molar-refractivity contribution in [1.82, 2.24) is 20.1 Å². The average Bonchev–Trinajstić information content (AvgIpc) is 3.47. The maximum absolute atomic E-state index is 13.4. The lowest BCUT2D eigenvalue weighted by molar-refractivity contribution is -0.274. The lowest BCUT2D eigenvalue weighted by atomic mass is 9.93. The molecule has 1 unspecified atom stereocenters. The van der Waals surface area contributed by atoms with E-state index in [1.54, 1.807) is 11.8 Å². The molecule has 1 aromatic heterocycles. The van der Waals surface area contributed by atoms with E-state index in [1.807, 2.05) is 38.1 Å². The van der Waals surface area contributed by atoms with Gasteiger partial charge in [-0.25, -0.2) is 14.5 Å². The zero-order valence-corrected chi connectivity index (χ0v) is 27.4. The SMILES string of the molecule is Cc1ccc(C(C)C)c(N2/C(=N/C(=O)NC(C)(C)c3ccc(-c4ncn(-c5ccc(OC(F)(F)F)cc5)n4)cc3)SCCC2C)c1. The molecule has 0 saturated carbocycles. The molecule has 1 aliphatic rings. The lowest BCUT2D eigenvalue weighted by Crippen LogP contribution is -2.44. The Bertz CT molecular complexity index is 1720. The van der Waals surface area contributed by atoms with E-state index >= 15 is 0 Å². The van der Waals surface area contributed by atoms with E-state index in [0.717, 1.165) is 34.6 Å². The first-order chi connectivity index (χ1) is 21.7. The Morgan fingerprint density at radius 2 is 1.76 bits per heavy atom. The third kappa shape index (κ3) is 7.72. The predicted octanol–water partition coefficient (Wildman–Crippen LogP) is 8.60. The molecule has 1 aliphatic heterocycles. The molecule has 4 aromatic rings. The summed E-state index contributed by atoms with van der Waals surface area (Å²) in [5, 5.41) is 8.24. The van der Waals surface area contributed by atoms with Gasteiger partial charge in [0, 0.05) is 23.0 Å². The third-order valence-corrected chi connectivity index (χ3v) is 8.78. The third-order valence-electron chi connectivity index (χ3n) is 7.79. The lowest BCUT2D eigenvalue weighted by Gasteiger charge is -2.37. The molecule has 2 amide bonds. The molecule has 1 fully saturated rings. The molecule has 1 saturated heterocycles. The molecular weight excluding hydrogens is 613 g/mol. The summed E-state index contributed by atoms with van der Waals surface area (Å²) in [7, 11) is 0. The number of hydrogen-bond donors (Lipinski definition) is 1. The predicted molar refractivity (Wildman–Crippen MR) is 177 cm³/mol. The topological polar surface area (TPSA) is 84.6 Å². The van der Waals surface area contributed by atoms with Gasteiger partial charge in [0.15, 0.2) is 11.0 Å². The molecule has 1 atom stereocenters. The van der Waals surface area contributed by atoms with E-state index in [0.29, 0.717) is 22.6 Å². The molecule has 0 radical (unpaired) electrons. The fourth-order valence-corrected chi connectivity index (χ4v) is 6.50. The van der Waals surface area contributed by atoms with Crippen LogP contribution >= 0.6 is 11.8 Å². The van der Waals surface area contributed by atoms with Gasteiger partial charge in [-0.05, 0) is 87.1 Å². The number of benzene rings is 3. The quantitative estimate of drug-likeness (QED) is 0.216. The largest absolute Gasteiger partial charge is 0.573 e. The summed E-state index contributed by atoms with van der Waals surface area (Å²) in [6.45, 7) is 12.4. The van der Waals surface area contributed by atoms with Crippen LogP contribution in [0.1, 0.15) is 63.6 Å². The van der Waals surface area contributed by atoms with Gasteiger partial charge in [-0.3, -0.25) is 0 Å². The average molecular weight is 651 g/mol. The molecule has 1 N–H and O–H groups in total. The van der Waals surface area contributed by atoms with Crippen molar-refractivity contribution in [2.24, 2.45) is 4.99 Å². The second-order valence-electron chi connectivity index (χ2n) is 12.2. The number of aliphatic imine (C=N–C) groups is 1. The number of thioether (sulfide) groups is 1. The number of amidine groups is 1. The Labute approximate surface area is 271 Å². The number of amides is 2. The van der Waals surface area contributed by atoms with Gasteiger partial charge in [0.1, 0.15) is 12.1 Å². The van der Waals surface area contributed by atoms with Gasteiger partial charge in [0.25, 0.3) is 0 Å². The minimum atomic E-state index is -4.76. The Morgan fingerprint density at radius 1 is 1.07 bits per heavy atom. The van der Waals surface area contributed by atoms with E-state index in [-0.39, 0.29) is 11.8 Å². The Kier molecular flexibility index (Phi) is 9.48. The van der Waals surface area contributed by atoms with Crippen molar-refractivity contribution in [3.05, 3.63) is 89.7 Å². The van der Waals surface area contributed by atoms with Gasteiger partial charge in [-0.1, -0.05) is 62.0 Å². The smallest absolute Gasteiger partial charge is 0.406 e. The van der Waals surface area contributed by atoms with Crippen LogP contribution in [-0.2, 0) is 5.54 Å². The number of rotatable bonds is 7. The monoisotopic (exact) mass is 650 g/mol. The van der Waals surface area contributed by atoms with Gasteiger partial charge in [0.05, 0.1) is 11.2 Å². The minimum absolute atomic E-state index is 0.201. The molecule has 2 heterocycles. The molecule has 12 heteroatoms. The summed E-state index contributed by atoms with van der Waals surface area (Å²) < 4.78 is 42.8. The van der Waals surface area contributed by atoms with Crippen LogP contribution < -0.4 is 15.0 Å². The van der Waals surface area contributed by atoms with E-state index in [1.165, 1.54) is 40.8 Å². The van der Waals surface area contributed by atoms with Crippen molar-refractivity contribution >= 4 is 28.6 Å². The Morgan fingerprint density at radius 3 is 2.41 bits per heavy atom. The van der Waals surface area contributed by atoms with Crippen LogP contribution in [0, 0.1) is 6.92 Å². The van der Waals surface area contributed by atoms with Crippen LogP contribution in [0.25, 0.3) is 17.1 Å². The van der Waals surface area contributed by atoms with Crippen molar-refractivity contribution in [3.63, 3.8) is 0 Å². The first kappa shape index (κ1) is 33.1. The van der Waals surface area contributed by atoms with Crippen LogP contribution in [0.3, 0.4) is 0 Å². The Hall–Kier alpha value is -4.32. The van der Waals surface area contributed by atoms with E-state index in [9.17, 15) is 18.0 Å². The van der Waals surface area contributed by atoms with Crippen LogP contribution in [0.4, 0.5) is 23.7 Å². The highest BCUT2D eigenvalue weighted by Crippen LogP contribution is 2.36. The molecule has 46 heavy (non-hydrogen) atoms. The first-order valence-corrected chi connectivity index (χ1v) is 16.0. The fourth-order valence-electron chi connectivity index (χ4n) is 5.30. The van der Waals surface area contributed by atoms with Crippen LogP contribution in [-0.4, -0.2) is 44.1 Å². The number of nitrogens with zero attached hydrogens (tertiary/aromatic N) is 5. The number of alkyl halides is 3. The molecule has 8 nitrogen and oxygen atoms in total. The second kappa shape index (κ2) is 13.2. The molecule has 0 spiro atoms. The van der Waals surface area contributed by atoms with Gasteiger partial charge < -0.3 is 15.0 Å². The standard InChI is InChI=1S/C34H37F3N6O2S/c1-21(2)28-16-7-22(3)19-29(28)43-23(4)17-18-46-32(43)39-31(44)40-33(5,6)25-10-8-24(9-11-25)30-38-20-42(41-30)26-12-14-27(15-13-26)45-34(35,36)37/h7-16,19-21,23H,17-18H2,1-6H3,(H,40,44)/b39-32-. The van der Waals surface area contributed by atoms with Gasteiger partial charge in [-0.2, -0.15) is 4.99 Å². The second-order valence-corrected chi connectivity index (χ2v) is 13.2. The molecule has 5 rings (SSSR count). The van der Waals surface area contributed by atoms with Gasteiger partial charge in [0.2, 0.25) is 0 Å². The summed E-state index contributed by atoms with van der Waals surface area (Å²) in [6, 6.07) is 19.1. The van der Waals surface area contributed by atoms with E-state index in [2.05, 4.69) is 75.9 Å².